The molecule has 0 aliphatic carbocycles. The first-order valence-electron chi connectivity index (χ1n) is 7.00. The molecule has 0 unspecified atom stereocenters. The van der Waals surface area contributed by atoms with E-state index in [4.69, 9.17) is 5.73 Å². The quantitative estimate of drug-likeness (QED) is 0.710. The van der Waals surface area contributed by atoms with E-state index < -0.39 is 5.91 Å². The minimum absolute atomic E-state index is 0.0558. The molecule has 0 aromatic heterocycles. The summed E-state index contributed by atoms with van der Waals surface area (Å²) in [4.78, 5) is 34.2. The lowest BCUT2D eigenvalue weighted by Gasteiger charge is -2.09. The fourth-order valence-corrected chi connectivity index (χ4v) is 1.96. The Morgan fingerprint density at radius 3 is 2.26 bits per heavy atom. The molecule has 0 fully saturated rings. The normalized spacial score (nSPS) is 9.96. The molecule has 0 saturated heterocycles. The topological polar surface area (TPSA) is 101 Å². The van der Waals surface area contributed by atoms with Gasteiger partial charge in [-0.05, 0) is 43.3 Å². The van der Waals surface area contributed by atoms with Crippen molar-refractivity contribution in [1.29, 1.82) is 0 Å². The average Bonchev–Trinajstić information content (AvgIpc) is 2.53. The zero-order chi connectivity index (χ0) is 16.8. The number of hydrogen-bond donors (Lipinski definition) is 3. The molecular formula is C17H17N3O3. The summed E-state index contributed by atoms with van der Waals surface area (Å²) < 4.78 is 0. The molecule has 2 amide bonds. The predicted molar refractivity (Wildman–Crippen MR) is 88.5 cm³/mol. The highest BCUT2D eigenvalue weighted by Crippen LogP contribution is 2.12. The van der Waals surface area contributed by atoms with Gasteiger partial charge < -0.3 is 16.4 Å². The van der Waals surface area contributed by atoms with Crippen LogP contribution in [0.3, 0.4) is 0 Å². The van der Waals surface area contributed by atoms with Crippen LogP contribution in [0.2, 0.25) is 0 Å². The number of ketones is 1. The van der Waals surface area contributed by atoms with Gasteiger partial charge in [0, 0.05) is 22.5 Å². The zero-order valence-corrected chi connectivity index (χ0v) is 12.6. The van der Waals surface area contributed by atoms with Crippen molar-refractivity contribution in [1.82, 2.24) is 0 Å². The van der Waals surface area contributed by atoms with Crippen molar-refractivity contribution < 1.29 is 14.4 Å². The maximum atomic E-state index is 11.9. The van der Waals surface area contributed by atoms with Gasteiger partial charge in [-0.3, -0.25) is 14.4 Å². The molecule has 6 nitrogen and oxygen atoms in total. The van der Waals surface area contributed by atoms with E-state index >= 15 is 0 Å². The number of hydrogen-bond acceptors (Lipinski definition) is 4. The van der Waals surface area contributed by atoms with Crippen LogP contribution in [0.4, 0.5) is 11.4 Å². The number of primary amides is 1. The number of rotatable bonds is 6. The second kappa shape index (κ2) is 7.22. The number of carbonyl (C=O) groups is 3. The van der Waals surface area contributed by atoms with Crippen molar-refractivity contribution in [2.45, 2.75) is 6.92 Å². The van der Waals surface area contributed by atoms with Gasteiger partial charge in [-0.25, -0.2) is 0 Å². The SMILES string of the molecule is CC(=O)c1cccc(NC(=O)CNc2ccc(C(N)=O)cc2)c1. The number of benzene rings is 2. The standard InChI is InChI=1S/C17H17N3O3/c1-11(21)13-3-2-4-15(9-13)20-16(22)10-19-14-7-5-12(6-8-14)17(18)23/h2-9,19H,10H2,1H3,(H2,18,23)(H,20,22). The molecule has 0 aliphatic heterocycles. The summed E-state index contributed by atoms with van der Waals surface area (Å²) in [6.07, 6.45) is 0. The van der Waals surface area contributed by atoms with Crippen LogP contribution in [-0.2, 0) is 4.79 Å². The number of Topliss-reactive ketones (excluding diaryl/α,β-unsaturated/α-hetero) is 1. The highest BCUT2D eigenvalue weighted by Gasteiger charge is 2.05. The van der Waals surface area contributed by atoms with Gasteiger partial charge in [0.15, 0.2) is 5.78 Å². The smallest absolute Gasteiger partial charge is 0.248 e. The first kappa shape index (κ1) is 16.2. The Balaban J connectivity index is 1.91. The summed E-state index contributed by atoms with van der Waals surface area (Å²) in [6, 6.07) is 13.2. The summed E-state index contributed by atoms with van der Waals surface area (Å²) in [7, 11) is 0. The Hall–Kier alpha value is -3.15. The molecule has 0 bridgehead atoms. The summed E-state index contributed by atoms with van der Waals surface area (Å²) in [5.41, 5.74) is 7.36. The van der Waals surface area contributed by atoms with Gasteiger partial charge in [-0.2, -0.15) is 0 Å². The van der Waals surface area contributed by atoms with Crippen LogP contribution in [-0.4, -0.2) is 24.1 Å². The lowest BCUT2D eigenvalue weighted by molar-refractivity contribution is -0.114. The van der Waals surface area contributed by atoms with Crippen LogP contribution in [0.5, 0.6) is 0 Å². The maximum Gasteiger partial charge on any atom is 0.248 e. The molecule has 2 aromatic rings. The minimum Gasteiger partial charge on any atom is -0.376 e. The molecule has 118 valence electrons. The maximum absolute atomic E-state index is 11.9. The van der Waals surface area contributed by atoms with E-state index in [2.05, 4.69) is 10.6 Å². The van der Waals surface area contributed by atoms with Gasteiger partial charge in [-0.1, -0.05) is 12.1 Å². The van der Waals surface area contributed by atoms with Gasteiger partial charge in [-0.15, -0.1) is 0 Å². The van der Waals surface area contributed by atoms with Gasteiger partial charge in [0.25, 0.3) is 0 Å². The van der Waals surface area contributed by atoms with E-state index in [1.165, 1.54) is 6.92 Å². The first-order valence-corrected chi connectivity index (χ1v) is 7.00. The highest BCUT2D eigenvalue weighted by atomic mass is 16.2. The minimum atomic E-state index is -0.500. The highest BCUT2D eigenvalue weighted by molar-refractivity contribution is 5.98. The molecule has 0 saturated carbocycles. The lowest BCUT2D eigenvalue weighted by Crippen LogP contribution is -2.22. The second-order valence-corrected chi connectivity index (χ2v) is 4.98. The largest absolute Gasteiger partial charge is 0.376 e. The third kappa shape index (κ3) is 4.67. The van der Waals surface area contributed by atoms with Gasteiger partial charge in [0.2, 0.25) is 11.8 Å². The molecule has 6 heteroatoms. The molecule has 4 N–H and O–H groups in total. The van der Waals surface area contributed by atoms with Crippen molar-refractivity contribution in [3.05, 3.63) is 59.7 Å². The van der Waals surface area contributed by atoms with Gasteiger partial charge in [0.1, 0.15) is 0 Å². The fourth-order valence-electron chi connectivity index (χ4n) is 1.96. The first-order chi connectivity index (χ1) is 11.0. The third-order valence-electron chi connectivity index (χ3n) is 3.18. The second-order valence-electron chi connectivity index (χ2n) is 4.98. The molecule has 0 radical (unpaired) electrons. The van der Waals surface area contributed by atoms with E-state index in [-0.39, 0.29) is 18.2 Å². The summed E-state index contributed by atoms with van der Waals surface area (Å²) >= 11 is 0. The van der Waals surface area contributed by atoms with Gasteiger partial charge >= 0.3 is 0 Å². The van der Waals surface area contributed by atoms with Crippen LogP contribution in [0.25, 0.3) is 0 Å². The van der Waals surface area contributed by atoms with Gasteiger partial charge in [0.05, 0.1) is 6.54 Å². The summed E-state index contributed by atoms with van der Waals surface area (Å²) in [5.74, 6) is -0.807. The molecule has 0 heterocycles. The van der Waals surface area contributed by atoms with Crippen molar-refractivity contribution in [2.75, 3.05) is 17.2 Å². The van der Waals surface area contributed by atoms with Crippen LogP contribution < -0.4 is 16.4 Å². The Kier molecular flexibility index (Phi) is 5.09. The number of anilines is 2. The van der Waals surface area contributed by atoms with E-state index in [1.54, 1.807) is 48.5 Å². The fraction of sp³-hybridized carbons (Fsp3) is 0.118. The molecule has 2 rings (SSSR count). The zero-order valence-electron chi connectivity index (χ0n) is 12.6. The van der Waals surface area contributed by atoms with Crippen LogP contribution in [0.1, 0.15) is 27.6 Å². The Labute approximate surface area is 133 Å². The van der Waals surface area contributed by atoms with E-state index in [9.17, 15) is 14.4 Å². The molecule has 0 atom stereocenters. The summed E-state index contributed by atoms with van der Waals surface area (Å²) in [5, 5.41) is 5.65. The third-order valence-corrected chi connectivity index (χ3v) is 3.18. The molecule has 0 spiro atoms. The number of amides is 2. The van der Waals surface area contributed by atoms with Crippen LogP contribution in [0, 0.1) is 0 Å². The van der Waals surface area contributed by atoms with Crippen molar-refractivity contribution in [2.24, 2.45) is 5.73 Å². The molecule has 2 aromatic carbocycles. The predicted octanol–water partition coefficient (Wildman–Crippen LogP) is 2.04. The monoisotopic (exact) mass is 311 g/mol. The van der Waals surface area contributed by atoms with E-state index in [0.29, 0.717) is 22.5 Å². The number of nitrogens with two attached hydrogens (primary N) is 1. The molecular weight excluding hydrogens is 294 g/mol. The Bertz CT molecular complexity index is 739. The average molecular weight is 311 g/mol. The summed E-state index contributed by atoms with van der Waals surface area (Å²) in [6.45, 7) is 1.53. The Morgan fingerprint density at radius 1 is 0.957 bits per heavy atom. The van der Waals surface area contributed by atoms with Crippen molar-refractivity contribution >= 4 is 29.0 Å². The molecule has 23 heavy (non-hydrogen) atoms. The number of nitrogens with one attached hydrogen (secondary N) is 2. The Morgan fingerprint density at radius 2 is 1.65 bits per heavy atom. The van der Waals surface area contributed by atoms with E-state index in [1.807, 2.05) is 0 Å². The lowest BCUT2D eigenvalue weighted by atomic mass is 10.1. The van der Waals surface area contributed by atoms with Crippen LogP contribution in [0.15, 0.2) is 48.5 Å². The van der Waals surface area contributed by atoms with Crippen LogP contribution >= 0.6 is 0 Å². The van der Waals surface area contributed by atoms with Crippen molar-refractivity contribution in [3.63, 3.8) is 0 Å². The molecule has 0 aliphatic rings. The van der Waals surface area contributed by atoms with Crippen molar-refractivity contribution in [3.8, 4) is 0 Å². The van der Waals surface area contributed by atoms with E-state index in [0.717, 1.165) is 0 Å². The number of carbonyl (C=O) groups excluding carboxylic acids is 3.